The summed E-state index contributed by atoms with van der Waals surface area (Å²) in [6, 6.07) is -0.125. The summed E-state index contributed by atoms with van der Waals surface area (Å²) in [4.78, 5) is 0.224. The molecular formula is C13H25N3O3S. The van der Waals surface area contributed by atoms with E-state index in [4.69, 9.17) is 5.11 Å². The maximum absolute atomic E-state index is 12.5. The molecule has 1 rings (SSSR count). The maximum atomic E-state index is 12.5. The van der Waals surface area contributed by atoms with E-state index in [1.165, 1.54) is 4.68 Å². The molecule has 1 heterocycles. The Morgan fingerprint density at radius 2 is 1.90 bits per heavy atom. The van der Waals surface area contributed by atoms with Crippen molar-refractivity contribution in [2.45, 2.75) is 58.5 Å². The second-order valence-electron chi connectivity index (χ2n) is 5.60. The first-order chi connectivity index (χ1) is 9.19. The number of nitrogens with zero attached hydrogens (tertiary/aromatic N) is 2. The van der Waals surface area contributed by atoms with Crippen molar-refractivity contribution in [2.24, 2.45) is 5.92 Å². The third-order valence-electron chi connectivity index (χ3n) is 3.08. The van der Waals surface area contributed by atoms with Crippen LogP contribution in [0.1, 0.15) is 38.6 Å². The van der Waals surface area contributed by atoms with Crippen molar-refractivity contribution in [1.82, 2.24) is 14.5 Å². The molecule has 1 atom stereocenters. The van der Waals surface area contributed by atoms with Crippen LogP contribution in [0, 0.1) is 19.8 Å². The minimum absolute atomic E-state index is 0.0708. The number of aryl methyl sites for hydroxylation is 1. The fraction of sp³-hybridized carbons (Fsp3) is 0.769. The third kappa shape index (κ3) is 4.04. The Morgan fingerprint density at radius 1 is 1.30 bits per heavy atom. The van der Waals surface area contributed by atoms with Gasteiger partial charge in [0.1, 0.15) is 4.90 Å². The quantitative estimate of drug-likeness (QED) is 0.793. The molecule has 1 aromatic rings. The standard InChI is InChI=1S/C13H25N3O3S/c1-9(2)8-10(3)15-20(18,19)13-11(4)14-16(6-7-17)12(13)5/h9-10,15,17H,6-8H2,1-5H3. The Labute approximate surface area is 121 Å². The largest absolute Gasteiger partial charge is 0.394 e. The van der Waals surface area contributed by atoms with Crippen LogP contribution in [0.15, 0.2) is 4.90 Å². The molecule has 2 N–H and O–H groups in total. The van der Waals surface area contributed by atoms with Gasteiger partial charge in [-0.2, -0.15) is 5.10 Å². The molecule has 0 bridgehead atoms. The monoisotopic (exact) mass is 303 g/mol. The van der Waals surface area contributed by atoms with Crippen LogP contribution < -0.4 is 4.72 Å². The van der Waals surface area contributed by atoms with E-state index in [0.29, 0.717) is 23.9 Å². The van der Waals surface area contributed by atoms with Crippen molar-refractivity contribution in [3.8, 4) is 0 Å². The number of rotatable bonds is 7. The van der Waals surface area contributed by atoms with Gasteiger partial charge in [0.2, 0.25) is 10.0 Å². The molecule has 0 aliphatic heterocycles. The van der Waals surface area contributed by atoms with Gasteiger partial charge in [0, 0.05) is 6.04 Å². The van der Waals surface area contributed by atoms with Crippen LogP contribution in [0.3, 0.4) is 0 Å². The Hall–Kier alpha value is -0.920. The Balaban J connectivity index is 3.04. The normalized spacial score (nSPS) is 13.9. The SMILES string of the molecule is Cc1nn(CCO)c(C)c1S(=O)(=O)NC(C)CC(C)C. The van der Waals surface area contributed by atoms with Gasteiger partial charge in [0.05, 0.1) is 24.5 Å². The molecule has 0 amide bonds. The number of aromatic nitrogens is 2. The molecule has 116 valence electrons. The Kier molecular flexibility index (Phi) is 5.73. The predicted octanol–water partition coefficient (Wildman–Crippen LogP) is 1.21. The maximum Gasteiger partial charge on any atom is 0.244 e. The van der Waals surface area contributed by atoms with Crippen LogP contribution in [0.4, 0.5) is 0 Å². The van der Waals surface area contributed by atoms with Crippen LogP contribution in [-0.2, 0) is 16.6 Å². The van der Waals surface area contributed by atoms with Crippen molar-refractivity contribution in [3.63, 3.8) is 0 Å². The van der Waals surface area contributed by atoms with Crippen molar-refractivity contribution < 1.29 is 13.5 Å². The van der Waals surface area contributed by atoms with Crippen LogP contribution in [0.2, 0.25) is 0 Å². The van der Waals surface area contributed by atoms with Crippen LogP contribution in [0.5, 0.6) is 0 Å². The summed E-state index contributed by atoms with van der Waals surface area (Å²) in [5, 5.41) is 13.1. The van der Waals surface area contributed by atoms with Gasteiger partial charge in [-0.25, -0.2) is 13.1 Å². The van der Waals surface area contributed by atoms with E-state index in [0.717, 1.165) is 6.42 Å². The zero-order valence-electron chi connectivity index (χ0n) is 12.8. The van der Waals surface area contributed by atoms with Gasteiger partial charge in [-0.3, -0.25) is 4.68 Å². The van der Waals surface area contributed by atoms with E-state index >= 15 is 0 Å². The number of hydrogen-bond acceptors (Lipinski definition) is 4. The van der Waals surface area contributed by atoms with Crippen molar-refractivity contribution in [1.29, 1.82) is 0 Å². The fourth-order valence-electron chi connectivity index (χ4n) is 2.46. The summed E-state index contributed by atoms with van der Waals surface area (Å²) >= 11 is 0. The highest BCUT2D eigenvalue weighted by molar-refractivity contribution is 7.89. The molecule has 1 aromatic heterocycles. The number of aliphatic hydroxyl groups excluding tert-OH is 1. The zero-order chi connectivity index (χ0) is 15.5. The second kappa shape index (κ2) is 6.69. The van der Waals surface area contributed by atoms with Gasteiger partial charge in [-0.15, -0.1) is 0 Å². The fourth-order valence-corrected chi connectivity index (χ4v) is 4.13. The highest BCUT2D eigenvalue weighted by atomic mass is 32.2. The molecule has 0 fully saturated rings. The minimum Gasteiger partial charge on any atom is -0.394 e. The number of nitrogens with one attached hydrogen (secondary N) is 1. The van der Waals surface area contributed by atoms with E-state index in [-0.39, 0.29) is 17.5 Å². The van der Waals surface area contributed by atoms with E-state index in [1.54, 1.807) is 13.8 Å². The summed E-state index contributed by atoms with van der Waals surface area (Å²) in [7, 11) is -3.58. The lowest BCUT2D eigenvalue weighted by atomic mass is 10.1. The van der Waals surface area contributed by atoms with E-state index in [2.05, 4.69) is 23.7 Å². The predicted molar refractivity (Wildman–Crippen MR) is 78.0 cm³/mol. The van der Waals surface area contributed by atoms with Crippen molar-refractivity contribution in [3.05, 3.63) is 11.4 Å². The lowest BCUT2D eigenvalue weighted by Crippen LogP contribution is -2.34. The van der Waals surface area contributed by atoms with Gasteiger partial charge in [-0.1, -0.05) is 13.8 Å². The van der Waals surface area contributed by atoms with E-state index in [9.17, 15) is 8.42 Å². The average molecular weight is 303 g/mol. The summed E-state index contributed by atoms with van der Waals surface area (Å²) < 4.78 is 29.1. The van der Waals surface area contributed by atoms with Gasteiger partial charge in [0.25, 0.3) is 0 Å². The molecule has 0 spiro atoms. The molecule has 0 aliphatic rings. The van der Waals surface area contributed by atoms with Crippen LogP contribution >= 0.6 is 0 Å². The van der Waals surface area contributed by atoms with Crippen LogP contribution in [-0.4, -0.2) is 36.0 Å². The molecule has 6 nitrogen and oxygen atoms in total. The third-order valence-corrected chi connectivity index (χ3v) is 4.92. The van der Waals surface area contributed by atoms with Crippen molar-refractivity contribution in [2.75, 3.05) is 6.61 Å². The van der Waals surface area contributed by atoms with Gasteiger partial charge in [0.15, 0.2) is 0 Å². The zero-order valence-corrected chi connectivity index (χ0v) is 13.7. The van der Waals surface area contributed by atoms with Gasteiger partial charge >= 0.3 is 0 Å². The van der Waals surface area contributed by atoms with E-state index < -0.39 is 10.0 Å². The molecule has 0 radical (unpaired) electrons. The number of aliphatic hydroxyl groups is 1. The smallest absolute Gasteiger partial charge is 0.244 e. The van der Waals surface area contributed by atoms with E-state index in [1.807, 2.05) is 6.92 Å². The number of hydrogen-bond donors (Lipinski definition) is 2. The highest BCUT2D eigenvalue weighted by Gasteiger charge is 2.26. The first-order valence-corrected chi connectivity index (χ1v) is 8.34. The molecular weight excluding hydrogens is 278 g/mol. The molecule has 0 saturated heterocycles. The van der Waals surface area contributed by atoms with Crippen LogP contribution in [0.25, 0.3) is 0 Å². The van der Waals surface area contributed by atoms with Gasteiger partial charge < -0.3 is 5.11 Å². The molecule has 0 saturated carbocycles. The Bertz CT molecular complexity index is 549. The lowest BCUT2D eigenvalue weighted by molar-refractivity contribution is 0.267. The highest BCUT2D eigenvalue weighted by Crippen LogP contribution is 2.20. The lowest BCUT2D eigenvalue weighted by Gasteiger charge is -2.16. The molecule has 7 heteroatoms. The molecule has 20 heavy (non-hydrogen) atoms. The first kappa shape index (κ1) is 17.1. The molecule has 0 aromatic carbocycles. The average Bonchev–Trinajstić information content (AvgIpc) is 2.52. The second-order valence-corrected chi connectivity index (χ2v) is 7.25. The Morgan fingerprint density at radius 3 is 2.40 bits per heavy atom. The summed E-state index contributed by atoms with van der Waals surface area (Å²) in [5.41, 5.74) is 1.01. The molecule has 0 aliphatic carbocycles. The minimum atomic E-state index is -3.58. The van der Waals surface area contributed by atoms with Crippen molar-refractivity contribution >= 4 is 10.0 Å². The summed E-state index contributed by atoms with van der Waals surface area (Å²) in [6.45, 7) is 9.57. The van der Waals surface area contributed by atoms with Gasteiger partial charge in [-0.05, 0) is 33.1 Å². The topological polar surface area (TPSA) is 84.2 Å². The first-order valence-electron chi connectivity index (χ1n) is 6.86. The summed E-state index contributed by atoms with van der Waals surface area (Å²) in [6.07, 6.45) is 0.780. The number of sulfonamides is 1. The summed E-state index contributed by atoms with van der Waals surface area (Å²) in [5.74, 6) is 0.423. The molecule has 1 unspecified atom stereocenters.